The summed E-state index contributed by atoms with van der Waals surface area (Å²) in [5.41, 5.74) is 2.13. The van der Waals surface area contributed by atoms with Gasteiger partial charge in [-0.25, -0.2) is 0 Å². The predicted octanol–water partition coefficient (Wildman–Crippen LogP) is 4.15. The maximum atomic E-state index is 11.2. The topological polar surface area (TPSA) is 72.2 Å². The first-order valence-corrected chi connectivity index (χ1v) is 9.69. The van der Waals surface area contributed by atoms with Crippen molar-refractivity contribution in [2.45, 2.75) is 83.2 Å². The number of hydrogen-bond acceptors (Lipinski definition) is 5. The summed E-state index contributed by atoms with van der Waals surface area (Å²) in [5, 5.41) is 10.3. The molecule has 1 N–H and O–H groups in total. The number of carbonyl (C=O) groups excluding carboxylic acids is 1. The molecule has 2 aliphatic heterocycles. The minimum atomic E-state index is -0.316. The lowest BCUT2D eigenvalue weighted by Gasteiger charge is -2.17. The maximum absolute atomic E-state index is 11.2. The highest BCUT2D eigenvalue weighted by Crippen LogP contribution is 2.49. The van der Waals surface area contributed by atoms with Crippen molar-refractivity contribution in [3.63, 3.8) is 0 Å². The summed E-state index contributed by atoms with van der Waals surface area (Å²) in [4.78, 5) is 11.2. The third kappa shape index (κ3) is 5.21. The molecule has 144 valence electrons. The molecule has 3 rings (SSSR count). The lowest BCUT2D eigenvalue weighted by molar-refractivity contribution is -0.147. The Labute approximate surface area is 155 Å². The van der Waals surface area contributed by atoms with E-state index in [1.165, 1.54) is 11.1 Å². The van der Waals surface area contributed by atoms with Crippen LogP contribution in [-0.4, -0.2) is 29.1 Å². The zero-order valence-electron chi connectivity index (χ0n) is 15.8. The molecule has 5 heteroatoms. The molecule has 0 spiro atoms. The Balaban J connectivity index is 1.28. The van der Waals surface area contributed by atoms with Gasteiger partial charge in [0.05, 0.1) is 25.1 Å². The van der Waals surface area contributed by atoms with Crippen molar-refractivity contribution in [2.24, 2.45) is 5.92 Å². The number of fused-ring (bicyclic) bond motifs is 1. The van der Waals surface area contributed by atoms with Gasteiger partial charge in [0.2, 0.25) is 6.29 Å². The molecule has 3 heterocycles. The normalized spacial score (nSPS) is 27.1. The van der Waals surface area contributed by atoms with E-state index in [-0.39, 0.29) is 24.0 Å². The molecule has 5 nitrogen and oxygen atoms in total. The van der Waals surface area contributed by atoms with Gasteiger partial charge < -0.3 is 19.0 Å². The van der Waals surface area contributed by atoms with E-state index >= 15 is 0 Å². The fraction of sp³-hybridized carbons (Fsp3) is 0.667. The first-order chi connectivity index (χ1) is 12.5. The summed E-state index contributed by atoms with van der Waals surface area (Å²) in [7, 11) is 0. The number of ether oxygens (including phenoxy) is 2. The molecule has 26 heavy (non-hydrogen) atoms. The number of furan rings is 1. The lowest BCUT2D eigenvalue weighted by atomic mass is 9.91. The summed E-state index contributed by atoms with van der Waals surface area (Å²) in [6.45, 7) is 4.27. The number of aliphatic hydroxyl groups excluding tert-OH is 1. The van der Waals surface area contributed by atoms with Gasteiger partial charge in [-0.1, -0.05) is 31.4 Å². The Morgan fingerprint density at radius 2 is 2.35 bits per heavy atom. The van der Waals surface area contributed by atoms with Gasteiger partial charge in [0.1, 0.15) is 5.60 Å². The Kier molecular flexibility index (Phi) is 6.20. The van der Waals surface area contributed by atoms with Crippen LogP contribution < -0.4 is 0 Å². The average molecular weight is 362 g/mol. The molecule has 2 aliphatic rings. The Hall–Kier alpha value is -1.59. The number of allylic oxidation sites excluding steroid dienone is 1. The van der Waals surface area contributed by atoms with Gasteiger partial charge in [0.15, 0.2) is 0 Å². The lowest BCUT2D eigenvalue weighted by Crippen LogP contribution is -2.14. The molecule has 0 radical (unpaired) electrons. The molecule has 2 fully saturated rings. The largest absolute Gasteiger partial charge is 0.472 e. The van der Waals surface area contributed by atoms with E-state index in [2.05, 4.69) is 19.9 Å². The van der Waals surface area contributed by atoms with Crippen LogP contribution >= 0.6 is 0 Å². The van der Waals surface area contributed by atoms with Crippen molar-refractivity contribution in [3.05, 3.63) is 35.8 Å². The molecule has 4 unspecified atom stereocenters. The van der Waals surface area contributed by atoms with Crippen LogP contribution in [0, 0.1) is 5.92 Å². The van der Waals surface area contributed by atoms with Crippen LogP contribution in [0.5, 0.6) is 0 Å². The third-order valence-corrected chi connectivity index (χ3v) is 5.43. The van der Waals surface area contributed by atoms with Crippen LogP contribution in [-0.2, 0) is 20.7 Å². The Morgan fingerprint density at radius 1 is 1.50 bits per heavy atom. The molecule has 2 saturated heterocycles. The molecule has 0 bridgehead atoms. The Morgan fingerprint density at radius 3 is 3.04 bits per heavy atom. The van der Waals surface area contributed by atoms with Crippen LogP contribution in [0.3, 0.4) is 0 Å². The van der Waals surface area contributed by atoms with Gasteiger partial charge in [-0.15, -0.1) is 0 Å². The van der Waals surface area contributed by atoms with Crippen molar-refractivity contribution in [2.75, 3.05) is 0 Å². The summed E-state index contributed by atoms with van der Waals surface area (Å²) < 4.78 is 15.6. The quantitative estimate of drug-likeness (QED) is 0.364. The number of hydrogen-bond donors (Lipinski definition) is 1. The van der Waals surface area contributed by atoms with Gasteiger partial charge in [-0.05, 0) is 56.6 Å². The maximum Gasteiger partial charge on any atom is 0.311 e. The first-order valence-electron chi connectivity index (χ1n) is 9.69. The standard InChI is InChI=1S/C21H30O5/c1-15(5-3-7-17-8-10-24-14-17)11-18(22)12-16(2)6-4-9-21-13-19(23)25-20(21)26-21/h5,8,10,14,16,18,20,22H,3-4,6-7,9,11-13H2,1-2H3. The highest BCUT2D eigenvalue weighted by Gasteiger charge is 2.65. The van der Waals surface area contributed by atoms with E-state index in [1.54, 1.807) is 12.5 Å². The van der Waals surface area contributed by atoms with Gasteiger partial charge in [0, 0.05) is 0 Å². The summed E-state index contributed by atoms with van der Waals surface area (Å²) >= 11 is 0. The van der Waals surface area contributed by atoms with Crippen molar-refractivity contribution < 1.29 is 23.8 Å². The number of epoxide rings is 1. The number of esters is 1. The van der Waals surface area contributed by atoms with E-state index in [4.69, 9.17) is 13.9 Å². The highest BCUT2D eigenvalue weighted by atomic mass is 16.8. The fourth-order valence-electron chi connectivity index (χ4n) is 3.90. The van der Waals surface area contributed by atoms with Crippen LogP contribution in [0.4, 0.5) is 0 Å². The second kappa shape index (κ2) is 8.40. The van der Waals surface area contributed by atoms with Crippen LogP contribution in [0.1, 0.15) is 64.4 Å². The fourth-order valence-corrected chi connectivity index (χ4v) is 3.90. The molecule has 1 aromatic heterocycles. The molecule has 0 saturated carbocycles. The minimum Gasteiger partial charge on any atom is -0.472 e. The third-order valence-electron chi connectivity index (χ3n) is 5.43. The van der Waals surface area contributed by atoms with E-state index in [9.17, 15) is 9.90 Å². The molecular formula is C21H30O5. The van der Waals surface area contributed by atoms with E-state index < -0.39 is 0 Å². The smallest absolute Gasteiger partial charge is 0.311 e. The summed E-state index contributed by atoms with van der Waals surface area (Å²) in [6.07, 6.45) is 11.9. The number of aryl methyl sites for hydroxylation is 1. The molecular weight excluding hydrogens is 332 g/mol. The second-order valence-electron chi connectivity index (χ2n) is 7.99. The van der Waals surface area contributed by atoms with Gasteiger partial charge in [-0.3, -0.25) is 4.79 Å². The van der Waals surface area contributed by atoms with Gasteiger partial charge >= 0.3 is 5.97 Å². The zero-order valence-corrected chi connectivity index (χ0v) is 15.8. The SMILES string of the molecule is CC(=CCCc1ccoc1)CC(O)CC(C)CCCC12CC(=O)OC1O2. The first kappa shape index (κ1) is 19.2. The van der Waals surface area contributed by atoms with Crippen molar-refractivity contribution >= 4 is 5.97 Å². The molecule has 0 amide bonds. The van der Waals surface area contributed by atoms with Crippen LogP contribution in [0.2, 0.25) is 0 Å². The zero-order chi connectivity index (χ0) is 18.6. The average Bonchev–Trinajstić information content (AvgIpc) is 2.92. The predicted molar refractivity (Wildman–Crippen MR) is 97.4 cm³/mol. The number of carbonyl (C=O) groups is 1. The van der Waals surface area contributed by atoms with Crippen LogP contribution in [0.25, 0.3) is 0 Å². The van der Waals surface area contributed by atoms with E-state index in [0.717, 1.165) is 44.9 Å². The van der Waals surface area contributed by atoms with E-state index in [0.29, 0.717) is 12.3 Å². The number of aliphatic hydroxyl groups is 1. The number of rotatable bonds is 11. The van der Waals surface area contributed by atoms with Crippen LogP contribution in [0.15, 0.2) is 34.7 Å². The van der Waals surface area contributed by atoms with E-state index in [1.807, 2.05) is 6.07 Å². The molecule has 4 atom stereocenters. The molecule has 1 aromatic rings. The van der Waals surface area contributed by atoms with Crippen molar-refractivity contribution in [1.29, 1.82) is 0 Å². The minimum absolute atomic E-state index is 0.139. The van der Waals surface area contributed by atoms with Gasteiger partial charge in [-0.2, -0.15) is 0 Å². The molecule has 0 aliphatic carbocycles. The van der Waals surface area contributed by atoms with Crippen molar-refractivity contribution in [3.8, 4) is 0 Å². The van der Waals surface area contributed by atoms with Gasteiger partial charge in [0.25, 0.3) is 0 Å². The highest BCUT2D eigenvalue weighted by molar-refractivity contribution is 5.74. The molecule has 0 aromatic carbocycles. The summed E-state index contributed by atoms with van der Waals surface area (Å²) in [5.74, 6) is 0.315. The van der Waals surface area contributed by atoms with Crippen molar-refractivity contribution in [1.82, 2.24) is 0 Å². The Bertz CT molecular complexity index is 620. The monoisotopic (exact) mass is 362 g/mol. The summed E-state index contributed by atoms with van der Waals surface area (Å²) in [6, 6.07) is 1.99. The second-order valence-corrected chi connectivity index (χ2v) is 7.99.